The molecular weight excluding hydrogens is 168 g/mol. The zero-order valence-electron chi connectivity index (χ0n) is 7.24. The molecule has 0 atom stereocenters. The van der Waals surface area contributed by atoms with Gasteiger partial charge in [0.15, 0.2) is 11.5 Å². The minimum Gasteiger partial charge on any atom is -0.504 e. The Morgan fingerprint density at radius 2 is 2.08 bits per heavy atom. The van der Waals surface area contributed by atoms with Crippen molar-refractivity contribution in [3.63, 3.8) is 0 Å². The molecule has 0 amide bonds. The van der Waals surface area contributed by atoms with E-state index in [1.54, 1.807) is 18.9 Å². The number of carbonyl (C=O) groups excluding carboxylic acids is 1. The number of hydrogen-bond donors (Lipinski definition) is 2. The average molecular weight is 178 g/mol. The zero-order valence-corrected chi connectivity index (χ0v) is 7.24. The lowest BCUT2D eigenvalue weighted by molar-refractivity contribution is 0.403. The Kier molecular flexibility index (Phi) is 2.72. The summed E-state index contributed by atoms with van der Waals surface area (Å²) in [5.41, 5.74) is 1.33. The van der Waals surface area contributed by atoms with E-state index in [2.05, 4.69) is 0 Å². The summed E-state index contributed by atoms with van der Waals surface area (Å²) in [7, 11) is 0. The van der Waals surface area contributed by atoms with Crippen molar-refractivity contribution >= 4 is 5.94 Å². The summed E-state index contributed by atoms with van der Waals surface area (Å²) < 4.78 is 0. The fourth-order valence-corrected chi connectivity index (χ4v) is 1.02. The van der Waals surface area contributed by atoms with Gasteiger partial charge in [0.05, 0.1) is 0 Å². The largest absolute Gasteiger partial charge is 0.504 e. The van der Waals surface area contributed by atoms with Crippen LogP contribution < -0.4 is 0 Å². The second-order valence-corrected chi connectivity index (χ2v) is 2.88. The van der Waals surface area contributed by atoms with Gasteiger partial charge in [0.1, 0.15) is 5.94 Å². The first-order chi connectivity index (χ1) is 6.13. The van der Waals surface area contributed by atoms with Crippen molar-refractivity contribution in [1.29, 1.82) is 0 Å². The smallest absolute Gasteiger partial charge is 0.157 e. The normalized spacial score (nSPS) is 9.31. The van der Waals surface area contributed by atoms with E-state index in [9.17, 15) is 4.79 Å². The molecule has 3 nitrogen and oxygen atoms in total. The van der Waals surface area contributed by atoms with E-state index in [0.29, 0.717) is 12.0 Å². The summed E-state index contributed by atoms with van der Waals surface area (Å²) in [6, 6.07) is 4.47. The molecule has 0 aromatic heterocycles. The first kappa shape index (κ1) is 9.36. The number of rotatable bonds is 2. The minimum absolute atomic E-state index is 0.156. The van der Waals surface area contributed by atoms with Gasteiger partial charge in [-0.05, 0) is 24.6 Å². The Bertz CT molecular complexity index is 362. The second-order valence-electron chi connectivity index (χ2n) is 2.88. The molecule has 0 fully saturated rings. The van der Waals surface area contributed by atoms with E-state index >= 15 is 0 Å². The molecule has 0 saturated heterocycles. The number of hydrogen-bond acceptors (Lipinski definition) is 3. The number of phenols is 2. The van der Waals surface area contributed by atoms with Gasteiger partial charge in [0.2, 0.25) is 0 Å². The van der Waals surface area contributed by atoms with Crippen LogP contribution >= 0.6 is 0 Å². The van der Waals surface area contributed by atoms with Crippen LogP contribution in [0.2, 0.25) is 0 Å². The molecule has 0 aliphatic carbocycles. The van der Waals surface area contributed by atoms with E-state index in [0.717, 1.165) is 5.56 Å². The topological polar surface area (TPSA) is 57.5 Å². The highest BCUT2D eigenvalue weighted by atomic mass is 16.3. The predicted octanol–water partition coefficient (Wildman–Crippen LogP) is 1.42. The third-order valence-corrected chi connectivity index (χ3v) is 1.68. The van der Waals surface area contributed by atoms with Crippen LogP contribution in [0, 0.1) is 0 Å². The molecule has 2 N–H and O–H groups in total. The highest BCUT2D eigenvalue weighted by Crippen LogP contribution is 2.25. The van der Waals surface area contributed by atoms with Crippen molar-refractivity contribution in [3.05, 3.63) is 29.3 Å². The maximum atomic E-state index is 10.2. The molecule has 68 valence electrons. The maximum absolute atomic E-state index is 10.2. The molecule has 0 radical (unpaired) electrons. The molecule has 1 aromatic carbocycles. The predicted molar refractivity (Wildman–Crippen MR) is 48.4 cm³/mol. The van der Waals surface area contributed by atoms with Gasteiger partial charge in [-0.15, -0.1) is 0 Å². The van der Waals surface area contributed by atoms with Crippen molar-refractivity contribution in [3.8, 4) is 11.5 Å². The Hall–Kier alpha value is -1.73. The molecule has 1 rings (SSSR count). The monoisotopic (exact) mass is 178 g/mol. The van der Waals surface area contributed by atoms with Crippen LogP contribution in [0.4, 0.5) is 0 Å². The fraction of sp³-hybridized carbons (Fsp3) is 0.200. The fourth-order valence-electron chi connectivity index (χ4n) is 1.02. The van der Waals surface area contributed by atoms with Crippen LogP contribution in [0.1, 0.15) is 12.5 Å². The summed E-state index contributed by atoms with van der Waals surface area (Å²) in [6.07, 6.45) is 0.442. The number of phenolic OH excluding ortho intramolecular Hbond substituents is 2. The molecule has 0 unspecified atom stereocenters. The Balaban J connectivity index is 2.92. The van der Waals surface area contributed by atoms with Crippen LogP contribution in [-0.4, -0.2) is 16.2 Å². The molecule has 0 bridgehead atoms. The van der Waals surface area contributed by atoms with Crippen LogP contribution in [0.3, 0.4) is 0 Å². The van der Waals surface area contributed by atoms with Gasteiger partial charge in [-0.2, -0.15) is 0 Å². The summed E-state index contributed by atoms with van der Waals surface area (Å²) in [5.74, 6) is 1.44. The standard InChI is InChI=1S/C10H10O3/c1-7(6-11)4-8-2-3-9(12)10(13)5-8/h2-3,5,12-13H,4H2,1H3. The first-order valence-corrected chi connectivity index (χ1v) is 3.85. The Morgan fingerprint density at radius 1 is 1.38 bits per heavy atom. The Morgan fingerprint density at radius 3 is 2.62 bits per heavy atom. The van der Waals surface area contributed by atoms with Gasteiger partial charge in [-0.3, -0.25) is 0 Å². The minimum atomic E-state index is -0.170. The molecule has 3 heteroatoms. The molecule has 0 heterocycles. The van der Waals surface area contributed by atoms with Crippen molar-refractivity contribution < 1.29 is 15.0 Å². The van der Waals surface area contributed by atoms with E-state index in [-0.39, 0.29) is 11.5 Å². The molecule has 0 aliphatic rings. The highest BCUT2D eigenvalue weighted by molar-refractivity contribution is 5.53. The lowest BCUT2D eigenvalue weighted by Crippen LogP contribution is -1.86. The summed E-state index contributed by atoms with van der Waals surface area (Å²) in [6.45, 7) is 1.66. The number of allylic oxidation sites excluding steroid dienone is 1. The van der Waals surface area contributed by atoms with Crippen molar-refractivity contribution in [2.75, 3.05) is 0 Å². The first-order valence-electron chi connectivity index (χ1n) is 3.85. The molecule has 1 aromatic rings. The average Bonchev–Trinajstić information content (AvgIpc) is 2.11. The van der Waals surface area contributed by atoms with Gasteiger partial charge < -0.3 is 10.2 Å². The van der Waals surface area contributed by atoms with Gasteiger partial charge in [0.25, 0.3) is 0 Å². The van der Waals surface area contributed by atoms with Crippen LogP contribution in [0.5, 0.6) is 11.5 Å². The maximum Gasteiger partial charge on any atom is 0.157 e. The third kappa shape index (κ3) is 2.36. The van der Waals surface area contributed by atoms with Crippen molar-refractivity contribution in [2.24, 2.45) is 0 Å². The van der Waals surface area contributed by atoms with Gasteiger partial charge in [-0.25, -0.2) is 4.79 Å². The molecule has 13 heavy (non-hydrogen) atoms. The molecule has 0 aliphatic heterocycles. The quantitative estimate of drug-likeness (QED) is 0.532. The Labute approximate surface area is 76.0 Å². The van der Waals surface area contributed by atoms with E-state index < -0.39 is 0 Å². The summed E-state index contributed by atoms with van der Waals surface area (Å²) in [5, 5.41) is 18.1. The summed E-state index contributed by atoms with van der Waals surface area (Å²) >= 11 is 0. The highest BCUT2D eigenvalue weighted by Gasteiger charge is 2.01. The lowest BCUT2D eigenvalue weighted by Gasteiger charge is -2.01. The number of benzene rings is 1. The van der Waals surface area contributed by atoms with Crippen LogP contribution in [-0.2, 0) is 11.2 Å². The SMILES string of the molecule is CC(=C=O)Cc1ccc(O)c(O)c1. The molecular formula is C10H10O3. The number of aromatic hydroxyl groups is 2. The summed E-state index contributed by atoms with van der Waals surface area (Å²) in [4.78, 5) is 10.2. The van der Waals surface area contributed by atoms with E-state index in [1.807, 2.05) is 0 Å². The third-order valence-electron chi connectivity index (χ3n) is 1.68. The lowest BCUT2D eigenvalue weighted by atomic mass is 10.1. The van der Waals surface area contributed by atoms with Gasteiger partial charge in [-0.1, -0.05) is 6.07 Å². The molecule has 0 spiro atoms. The van der Waals surface area contributed by atoms with Gasteiger partial charge in [0, 0.05) is 12.0 Å². The van der Waals surface area contributed by atoms with Gasteiger partial charge >= 0.3 is 0 Å². The van der Waals surface area contributed by atoms with E-state index in [4.69, 9.17) is 10.2 Å². The van der Waals surface area contributed by atoms with Crippen LogP contribution in [0.25, 0.3) is 0 Å². The molecule has 0 saturated carbocycles. The van der Waals surface area contributed by atoms with Crippen LogP contribution in [0.15, 0.2) is 23.8 Å². The van der Waals surface area contributed by atoms with Crippen molar-refractivity contribution in [1.82, 2.24) is 0 Å². The van der Waals surface area contributed by atoms with E-state index in [1.165, 1.54) is 12.1 Å². The zero-order chi connectivity index (χ0) is 9.84. The second kappa shape index (κ2) is 3.78. The van der Waals surface area contributed by atoms with Crippen molar-refractivity contribution in [2.45, 2.75) is 13.3 Å².